The molecule has 0 spiro atoms. The molecule has 8 heteroatoms. The van der Waals surface area contributed by atoms with E-state index in [0.717, 1.165) is 15.9 Å². The maximum atomic E-state index is 12.2. The van der Waals surface area contributed by atoms with Gasteiger partial charge in [-0.15, -0.1) is 0 Å². The molecule has 0 aliphatic heterocycles. The van der Waals surface area contributed by atoms with E-state index in [9.17, 15) is 18.4 Å². The number of hydrogen-bond donors (Lipinski definition) is 1. The van der Waals surface area contributed by atoms with Gasteiger partial charge in [-0.1, -0.05) is 23.5 Å². The van der Waals surface area contributed by atoms with Crippen molar-refractivity contribution >= 4 is 17.3 Å². The minimum atomic E-state index is -2.95. The first-order chi connectivity index (χ1) is 9.47. The van der Waals surface area contributed by atoms with Gasteiger partial charge in [-0.05, 0) is 12.1 Å². The lowest BCUT2D eigenvalue weighted by atomic mass is 10.1. The molecule has 2 rings (SSSR count). The van der Waals surface area contributed by atoms with Crippen LogP contribution in [0, 0.1) is 0 Å². The fraction of sp³-hybridized carbons (Fsp3) is 0.167. The Bertz CT molecular complexity index is 680. The zero-order valence-electron chi connectivity index (χ0n) is 9.95. The minimum Gasteiger partial charge on any atom is -0.480 e. The second-order valence-electron chi connectivity index (χ2n) is 3.77. The highest BCUT2D eigenvalue weighted by Crippen LogP contribution is 2.25. The summed E-state index contributed by atoms with van der Waals surface area (Å²) in [6.07, 6.45) is 0. The summed E-state index contributed by atoms with van der Waals surface area (Å²) in [4.78, 5) is 21.9. The van der Waals surface area contributed by atoms with Crippen molar-refractivity contribution in [2.75, 3.05) is 0 Å². The number of aromatic nitrogens is 1. The quantitative estimate of drug-likeness (QED) is 0.919. The van der Waals surface area contributed by atoms with E-state index in [-0.39, 0.29) is 5.75 Å². The summed E-state index contributed by atoms with van der Waals surface area (Å²) in [5.41, 5.74) is 0.782. The number of nitrogens with zero attached hydrogens (tertiary/aromatic N) is 1. The van der Waals surface area contributed by atoms with Gasteiger partial charge < -0.3 is 9.84 Å². The third-order valence-electron chi connectivity index (χ3n) is 2.43. The van der Waals surface area contributed by atoms with E-state index >= 15 is 0 Å². The maximum Gasteiger partial charge on any atom is 0.387 e. The SMILES string of the molecule is O=C(O)Cn1c(-c2cccc(OC(F)F)c2)csc1=O. The Kier molecular flexibility index (Phi) is 4.14. The van der Waals surface area contributed by atoms with Gasteiger partial charge >= 0.3 is 17.5 Å². The number of rotatable bonds is 5. The molecule has 1 N–H and O–H groups in total. The molecule has 5 nitrogen and oxygen atoms in total. The summed E-state index contributed by atoms with van der Waals surface area (Å²) in [5.74, 6) is -1.22. The molecule has 0 aliphatic rings. The Morgan fingerprint density at radius 1 is 1.45 bits per heavy atom. The number of benzene rings is 1. The van der Waals surface area contributed by atoms with E-state index in [2.05, 4.69) is 4.74 Å². The molecule has 0 atom stereocenters. The average molecular weight is 301 g/mol. The Morgan fingerprint density at radius 3 is 2.85 bits per heavy atom. The molecule has 2 aromatic rings. The highest BCUT2D eigenvalue weighted by atomic mass is 32.1. The molecular formula is C12H9F2NO4S. The fourth-order valence-corrected chi connectivity index (χ4v) is 2.44. The molecule has 1 aromatic heterocycles. The number of ether oxygens (including phenoxy) is 1. The number of carboxylic acid groups (broad SMARTS) is 1. The van der Waals surface area contributed by atoms with Crippen LogP contribution in [0.2, 0.25) is 0 Å². The second kappa shape index (κ2) is 5.83. The number of thiazole rings is 1. The molecule has 20 heavy (non-hydrogen) atoms. The Balaban J connectivity index is 2.41. The third-order valence-corrected chi connectivity index (χ3v) is 3.19. The van der Waals surface area contributed by atoms with Crippen LogP contribution in [0.1, 0.15) is 0 Å². The van der Waals surface area contributed by atoms with E-state index in [0.29, 0.717) is 11.3 Å². The summed E-state index contributed by atoms with van der Waals surface area (Å²) in [6.45, 7) is -3.44. The zero-order chi connectivity index (χ0) is 14.7. The Hall–Kier alpha value is -2.22. The molecule has 0 unspecified atom stereocenters. The van der Waals surface area contributed by atoms with Gasteiger partial charge in [0, 0.05) is 10.9 Å². The highest BCUT2D eigenvalue weighted by Gasteiger charge is 2.13. The van der Waals surface area contributed by atoms with Crippen LogP contribution in [0.3, 0.4) is 0 Å². The van der Waals surface area contributed by atoms with Crippen LogP contribution in [-0.4, -0.2) is 22.3 Å². The predicted octanol–water partition coefficient (Wildman–Crippen LogP) is 2.26. The summed E-state index contributed by atoms with van der Waals surface area (Å²) >= 11 is 0.843. The number of carboxylic acids is 1. The number of alkyl halides is 2. The Labute approximate surface area is 115 Å². The molecule has 0 saturated heterocycles. The topological polar surface area (TPSA) is 68.5 Å². The van der Waals surface area contributed by atoms with Gasteiger partial charge in [0.05, 0.1) is 5.69 Å². The molecule has 0 fully saturated rings. The third kappa shape index (κ3) is 3.21. The highest BCUT2D eigenvalue weighted by molar-refractivity contribution is 7.07. The van der Waals surface area contributed by atoms with Gasteiger partial charge in [0.1, 0.15) is 12.3 Å². The van der Waals surface area contributed by atoms with Crippen molar-refractivity contribution in [2.45, 2.75) is 13.2 Å². The summed E-state index contributed by atoms with van der Waals surface area (Å²) in [6, 6.07) is 5.74. The molecule has 0 amide bonds. The van der Waals surface area contributed by atoms with Crippen molar-refractivity contribution in [3.63, 3.8) is 0 Å². The van der Waals surface area contributed by atoms with E-state index in [1.165, 1.54) is 23.6 Å². The molecule has 106 valence electrons. The van der Waals surface area contributed by atoms with Gasteiger partial charge in [-0.3, -0.25) is 14.2 Å². The largest absolute Gasteiger partial charge is 0.480 e. The second-order valence-corrected chi connectivity index (χ2v) is 4.59. The standard InChI is InChI=1S/C12H9F2NO4S/c13-11(14)19-8-3-1-2-7(4-8)9-6-20-12(18)15(9)5-10(16)17/h1-4,6,11H,5H2,(H,16,17). The van der Waals surface area contributed by atoms with Gasteiger partial charge in [0.15, 0.2) is 0 Å². The molecule has 0 saturated carbocycles. The van der Waals surface area contributed by atoms with Gasteiger partial charge in [-0.2, -0.15) is 8.78 Å². The number of hydrogen-bond acceptors (Lipinski definition) is 4. The summed E-state index contributed by atoms with van der Waals surface area (Å²) in [7, 11) is 0. The smallest absolute Gasteiger partial charge is 0.387 e. The van der Waals surface area contributed by atoms with Crippen LogP contribution in [-0.2, 0) is 11.3 Å². The average Bonchev–Trinajstić information content (AvgIpc) is 2.70. The van der Waals surface area contributed by atoms with Crippen molar-refractivity contribution in [2.24, 2.45) is 0 Å². The summed E-state index contributed by atoms with van der Waals surface area (Å²) in [5, 5.41) is 10.3. The van der Waals surface area contributed by atoms with E-state index in [1.807, 2.05) is 0 Å². The molecule has 0 aliphatic carbocycles. The Morgan fingerprint density at radius 2 is 2.20 bits per heavy atom. The van der Waals surface area contributed by atoms with E-state index in [4.69, 9.17) is 5.11 Å². The van der Waals surface area contributed by atoms with Crippen LogP contribution in [0.5, 0.6) is 5.75 Å². The maximum absolute atomic E-state index is 12.2. The molecule has 0 radical (unpaired) electrons. The predicted molar refractivity (Wildman–Crippen MR) is 68.3 cm³/mol. The van der Waals surface area contributed by atoms with Crippen LogP contribution in [0.15, 0.2) is 34.4 Å². The molecule has 1 aromatic carbocycles. The first kappa shape index (κ1) is 14.2. The zero-order valence-corrected chi connectivity index (χ0v) is 10.8. The van der Waals surface area contributed by atoms with Crippen molar-refractivity contribution in [3.05, 3.63) is 39.3 Å². The van der Waals surface area contributed by atoms with Gasteiger partial charge in [0.25, 0.3) is 0 Å². The molecule has 1 heterocycles. The van der Waals surface area contributed by atoms with Gasteiger partial charge in [0.2, 0.25) is 0 Å². The van der Waals surface area contributed by atoms with Crippen LogP contribution in [0.4, 0.5) is 8.78 Å². The lowest BCUT2D eigenvalue weighted by Crippen LogP contribution is -2.19. The number of halogens is 2. The van der Waals surface area contributed by atoms with Crippen molar-refractivity contribution in [3.8, 4) is 17.0 Å². The first-order valence-electron chi connectivity index (χ1n) is 5.42. The monoisotopic (exact) mass is 301 g/mol. The van der Waals surface area contributed by atoms with Crippen LogP contribution < -0.4 is 9.61 Å². The number of carbonyl (C=O) groups is 1. The normalized spacial score (nSPS) is 10.8. The van der Waals surface area contributed by atoms with Crippen molar-refractivity contribution in [1.82, 2.24) is 4.57 Å². The van der Waals surface area contributed by atoms with E-state index < -0.39 is 24.0 Å². The van der Waals surface area contributed by atoms with Crippen molar-refractivity contribution < 1.29 is 23.4 Å². The van der Waals surface area contributed by atoms with Crippen LogP contribution in [0.25, 0.3) is 11.3 Å². The lowest BCUT2D eigenvalue weighted by molar-refractivity contribution is -0.137. The first-order valence-corrected chi connectivity index (χ1v) is 6.30. The lowest BCUT2D eigenvalue weighted by Gasteiger charge is -2.08. The minimum absolute atomic E-state index is 0.0574. The molecular weight excluding hydrogens is 292 g/mol. The van der Waals surface area contributed by atoms with Crippen molar-refractivity contribution in [1.29, 1.82) is 0 Å². The molecule has 0 bridgehead atoms. The van der Waals surface area contributed by atoms with Crippen LogP contribution >= 0.6 is 11.3 Å². The summed E-state index contributed by atoms with van der Waals surface area (Å²) < 4.78 is 29.6. The van der Waals surface area contributed by atoms with E-state index in [1.54, 1.807) is 6.07 Å². The van der Waals surface area contributed by atoms with Gasteiger partial charge in [-0.25, -0.2) is 0 Å². The fourth-order valence-electron chi connectivity index (χ4n) is 1.67. The number of aliphatic carboxylic acids is 1.